The van der Waals surface area contributed by atoms with Gasteiger partial charge in [0, 0.05) is 35.8 Å². The molecule has 1 atom stereocenters. The molecular weight excluding hydrogens is 336 g/mol. The van der Waals surface area contributed by atoms with Crippen LogP contribution >= 0.6 is 11.6 Å². The van der Waals surface area contributed by atoms with E-state index in [1.807, 2.05) is 49.4 Å². The second-order valence-corrected chi connectivity index (χ2v) is 6.92. The molecule has 0 aliphatic carbocycles. The highest BCUT2D eigenvalue weighted by molar-refractivity contribution is 6.30. The summed E-state index contributed by atoms with van der Waals surface area (Å²) in [5.74, 6) is -0.182. The number of amides is 2. The van der Waals surface area contributed by atoms with Crippen LogP contribution in [0.25, 0.3) is 0 Å². The van der Waals surface area contributed by atoms with E-state index in [1.54, 1.807) is 11.8 Å². The van der Waals surface area contributed by atoms with Gasteiger partial charge < -0.3 is 10.2 Å². The molecule has 1 unspecified atom stereocenters. The molecular formula is C20H21ClN2O2. The normalized spacial score (nSPS) is 14.1. The average Bonchev–Trinajstić information content (AvgIpc) is 3.00. The molecule has 4 nitrogen and oxygen atoms in total. The van der Waals surface area contributed by atoms with Crippen LogP contribution in [0.15, 0.2) is 42.5 Å². The molecule has 0 saturated heterocycles. The number of nitrogens with one attached hydrogen (secondary N) is 1. The Morgan fingerprint density at radius 3 is 2.60 bits per heavy atom. The van der Waals surface area contributed by atoms with Crippen molar-refractivity contribution < 1.29 is 9.59 Å². The van der Waals surface area contributed by atoms with E-state index in [0.717, 1.165) is 28.9 Å². The molecule has 3 rings (SSSR count). The van der Waals surface area contributed by atoms with Crippen LogP contribution in [0.5, 0.6) is 0 Å². The maximum Gasteiger partial charge on any atom is 0.227 e. The third-order valence-electron chi connectivity index (χ3n) is 4.53. The van der Waals surface area contributed by atoms with Gasteiger partial charge in [-0.05, 0) is 48.2 Å². The Balaban J connectivity index is 1.67. The van der Waals surface area contributed by atoms with E-state index in [2.05, 4.69) is 5.32 Å². The zero-order valence-corrected chi connectivity index (χ0v) is 15.1. The summed E-state index contributed by atoms with van der Waals surface area (Å²) in [6.07, 6.45) is 1.50. The molecule has 1 aliphatic rings. The molecule has 0 fully saturated rings. The van der Waals surface area contributed by atoms with Crippen molar-refractivity contribution in [2.75, 3.05) is 16.8 Å². The molecule has 0 spiro atoms. The monoisotopic (exact) mass is 356 g/mol. The van der Waals surface area contributed by atoms with E-state index in [9.17, 15) is 9.59 Å². The molecule has 130 valence electrons. The van der Waals surface area contributed by atoms with Gasteiger partial charge in [0.2, 0.25) is 11.8 Å². The van der Waals surface area contributed by atoms with Gasteiger partial charge >= 0.3 is 0 Å². The molecule has 0 radical (unpaired) electrons. The van der Waals surface area contributed by atoms with Crippen molar-refractivity contribution in [1.82, 2.24) is 0 Å². The predicted octanol–water partition coefficient (Wildman–Crippen LogP) is 4.07. The SMILES string of the molecule is CC(=O)N1CCc2ccc(NC(=O)C(C)Cc3ccc(Cl)cc3)cc21. The lowest BCUT2D eigenvalue weighted by Gasteiger charge is -2.17. The predicted molar refractivity (Wildman–Crippen MR) is 101 cm³/mol. The van der Waals surface area contributed by atoms with Crippen molar-refractivity contribution in [2.24, 2.45) is 5.92 Å². The van der Waals surface area contributed by atoms with Crippen LogP contribution in [0.1, 0.15) is 25.0 Å². The molecule has 2 aromatic carbocycles. The number of benzene rings is 2. The first-order valence-electron chi connectivity index (χ1n) is 8.40. The number of anilines is 2. The minimum Gasteiger partial charge on any atom is -0.326 e. The zero-order chi connectivity index (χ0) is 18.0. The second-order valence-electron chi connectivity index (χ2n) is 6.49. The summed E-state index contributed by atoms with van der Waals surface area (Å²) in [5, 5.41) is 3.65. The number of fused-ring (bicyclic) bond motifs is 1. The van der Waals surface area contributed by atoms with E-state index < -0.39 is 0 Å². The molecule has 5 heteroatoms. The minimum absolute atomic E-state index is 0.0262. The maximum absolute atomic E-state index is 12.5. The Morgan fingerprint density at radius 2 is 1.92 bits per heavy atom. The number of carbonyl (C=O) groups is 2. The lowest BCUT2D eigenvalue weighted by Crippen LogP contribution is -2.26. The van der Waals surface area contributed by atoms with Crippen LogP contribution in [0.2, 0.25) is 5.02 Å². The van der Waals surface area contributed by atoms with Crippen LogP contribution in [-0.4, -0.2) is 18.4 Å². The highest BCUT2D eigenvalue weighted by Crippen LogP contribution is 2.31. The summed E-state index contributed by atoms with van der Waals surface area (Å²) in [4.78, 5) is 25.9. The summed E-state index contributed by atoms with van der Waals surface area (Å²) in [7, 11) is 0. The first kappa shape index (κ1) is 17.5. The Morgan fingerprint density at radius 1 is 1.20 bits per heavy atom. The smallest absolute Gasteiger partial charge is 0.227 e. The Kier molecular flexibility index (Phi) is 5.09. The number of nitrogens with zero attached hydrogens (tertiary/aromatic N) is 1. The fourth-order valence-electron chi connectivity index (χ4n) is 3.12. The Hall–Kier alpha value is -2.33. The highest BCUT2D eigenvalue weighted by atomic mass is 35.5. The molecule has 0 aromatic heterocycles. The first-order valence-corrected chi connectivity index (χ1v) is 8.78. The molecule has 0 saturated carbocycles. The zero-order valence-electron chi connectivity index (χ0n) is 14.4. The van der Waals surface area contributed by atoms with Gasteiger partial charge in [-0.1, -0.05) is 36.7 Å². The number of hydrogen-bond acceptors (Lipinski definition) is 2. The quantitative estimate of drug-likeness (QED) is 0.897. The molecule has 1 heterocycles. The number of hydrogen-bond donors (Lipinski definition) is 1. The largest absolute Gasteiger partial charge is 0.326 e. The first-order chi connectivity index (χ1) is 11.9. The molecule has 2 aromatic rings. The van der Waals surface area contributed by atoms with Crippen molar-refractivity contribution in [3.8, 4) is 0 Å². The van der Waals surface area contributed by atoms with E-state index >= 15 is 0 Å². The summed E-state index contributed by atoms with van der Waals surface area (Å²) >= 11 is 5.89. The van der Waals surface area contributed by atoms with Gasteiger partial charge in [0.05, 0.1) is 0 Å². The van der Waals surface area contributed by atoms with E-state index in [1.165, 1.54) is 0 Å². The number of rotatable bonds is 4. The van der Waals surface area contributed by atoms with Crippen molar-refractivity contribution in [1.29, 1.82) is 0 Å². The highest BCUT2D eigenvalue weighted by Gasteiger charge is 2.23. The molecule has 2 amide bonds. The van der Waals surface area contributed by atoms with Gasteiger partial charge in [0.15, 0.2) is 0 Å². The lowest BCUT2D eigenvalue weighted by atomic mass is 10.0. The minimum atomic E-state index is -0.168. The molecule has 25 heavy (non-hydrogen) atoms. The van der Waals surface area contributed by atoms with Crippen LogP contribution in [0.3, 0.4) is 0 Å². The second kappa shape index (κ2) is 7.28. The Bertz CT molecular complexity index is 802. The number of carbonyl (C=O) groups excluding carboxylic acids is 2. The van der Waals surface area contributed by atoms with Crippen molar-refractivity contribution >= 4 is 34.8 Å². The van der Waals surface area contributed by atoms with Crippen LogP contribution in [0.4, 0.5) is 11.4 Å². The van der Waals surface area contributed by atoms with Gasteiger partial charge in [-0.25, -0.2) is 0 Å². The fraction of sp³-hybridized carbons (Fsp3) is 0.300. The van der Waals surface area contributed by atoms with Gasteiger partial charge in [-0.2, -0.15) is 0 Å². The van der Waals surface area contributed by atoms with Crippen molar-refractivity contribution in [3.63, 3.8) is 0 Å². The topological polar surface area (TPSA) is 49.4 Å². The van der Waals surface area contributed by atoms with Crippen LogP contribution in [-0.2, 0) is 22.4 Å². The van der Waals surface area contributed by atoms with Crippen LogP contribution < -0.4 is 10.2 Å². The summed E-state index contributed by atoms with van der Waals surface area (Å²) < 4.78 is 0. The maximum atomic E-state index is 12.5. The third-order valence-corrected chi connectivity index (χ3v) is 4.78. The average molecular weight is 357 g/mol. The summed E-state index contributed by atoms with van der Waals surface area (Å²) in [5.41, 5.74) is 3.83. The number of halogens is 1. The van der Waals surface area contributed by atoms with Crippen molar-refractivity contribution in [2.45, 2.75) is 26.7 Å². The van der Waals surface area contributed by atoms with Crippen LogP contribution in [0, 0.1) is 5.92 Å². The van der Waals surface area contributed by atoms with E-state index in [-0.39, 0.29) is 17.7 Å². The summed E-state index contributed by atoms with van der Waals surface area (Å²) in [6, 6.07) is 13.3. The molecule has 1 aliphatic heterocycles. The molecule has 0 bridgehead atoms. The van der Waals surface area contributed by atoms with E-state index in [0.29, 0.717) is 18.0 Å². The molecule has 1 N–H and O–H groups in total. The lowest BCUT2D eigenvalue weighted by molar-refractivity contribution is -0.119. The summed E-state index contributed by atoms with van der Waals surface area (Å²) in [6.45, 7) is 4.17. The Labute approximate surface area is 152 Å². The fourth-order valence-corrected chi connectivity index (χ4v) is 3.24. The third kappa shape index (κ3) is 4.02. The van der Waals surface area contributed by atoms with Gasteiger partial charge in [0.1, 0.15) is 0 Å². The van der Waals surface area contributed by atoms with Gasteiger partial charge in [-0.3, -0.25) is 9.59 Å². The van der Waals surface area contributed by atoms with E-state index in [4.69, 9.17) is 11.6 Å². The standard InChI is InChI=1S/C20H21ClN2O2/c1-13(11-15-3-6-17(21)7-4-15)20(25)22-18-8-5-16-9-10-23(14(2)24)19(16)12-18/h3-8,12-13H,9-11H2,1-2H3,(H,22,25). The van der Waals surface area contributed by atoms with Crippen molar-refractivity contribution in [3.05, 3.63) is 58.6 Å². The van der Waals surface area contributed by atoms with Gasteiger partial charge in [-0.15, -0.1) is 0 Å². The van der Waals surface area contributed by atoms with Gasteiger partial charge in [0.25, 0.3) is 0 Å².